The fourth-order valence-electron chi connectivity index (χ4n) is 5.34. The summed E-state index contributed by atoms with van der Waals surface area (Å²) >= 11 is 1.70. The van der Waals surface area contributed by atoms with Gasteiger partial charge in [-0.2, -0.15) is 9.97 Å². The SMILES string of the molecule is NC1CCCCC1Nc1nc(NCc2ccc(-c3cccs3)nc2)c2ncn(C3CCCC3)c2n1. The van der Waals surface area contributed by atoms with Crippen molar-refractivity contribution in [2.45, 2.75) is 76.0 Å². The number of fused-ring (bicyclic) bond motifs is 1. The van der Waals surface area contributed by atoms with Gasteiger partial charge in [-0.25, -0.2) is 4.98 Å². The third-order valence-electron chi connectivity index (χ3n) is 7.33. The van der Waals surface area contributed by atoms with E-state index in [0.717, 1.165) is 41.1 Å². The lowest BCUT2D eigenvalue weighted by molar-refractivity contribution is 0.402. The van der Waals surface area contributed by atoms with Crippen molar-refractivity contribution in [3.63, 3.8) is 0 Å². The second-order valence-electron chi connectivity index (χ2n) is 9.74. The van der Waals surface area contributed by atoms with Gasteiger partial charge in [0.05, 0.1) is 16.9 Å². The maximum Gasteiger partial charge on any atom is 0.227 e. The lowest BCUT2D eigenvalue weighted by Gasteiger charge is -2.29. The first kappa shape index (κ1) is 22.4. The van der Waals surface area contributed by atoms with Crippen LogP contribution in [0.2, 0.25) is 0 Å². The van der Waals surface area contributed by atoms with Gasteiger partial charge in [-0.05, 0) is 48.8 Å². The van der Waals surface area contributed by atoms with Gasteiger partial charge in [0.1, 0.15) is 0 Å². The van der Waals surface area contributed by atoms with Gasteiger partial charge in [0.25, 0.3) is 0 Å². The van der Waals surface area contributed by atoms with E-state index in [0.29, 0.717) is 18.5 Å². The van der Waals surface area contributed by atoms with E-state index in [1.54, 1.807) is 11.3 Å². The highest BCUT2D eigenvalue weighted by molar-refractivity contribution is 7.13. The zero-order chi connectivity index (χ0) is 23.6. The van der Waals surface area contributed by atoms with Crippen LogP contribution in [0.3, 0.4) is 0 Å². The molecule has 6 rings (SSSR count). The molecular formula is C26H32N8S. The smallest absolute Gasteiger partial charge is 0.227 e. The van der Waals surface area contributed by atoms with Gasteiger partial charge in [0.15, 0.2) is 17.0 Å². The molecule has 0 aromatic carbocycles. The summed E-state index contributed by atoms with van der Waals surface area (Å²) in [5, 5.41) is 9.14. The molecule has 2 unspecified atom stereocenters. The van der Waals surface area contributed by atoms with Crippen LogP contribution >= 0.6 is 11.3 Å². The van der Waals surface area contributed by atoms with Crippen molar-refractivity contribution in [3.8, 4) is 10.6 Å². The van der Waals surface area contributed by atoms with Crippen molar-refractivity contribution in [3.05, 3.63) is 47.7 Å². The lowest BCUT2D eigenvalue weighted by Crippen LogP contribution is -2.43. The monoisotopic (exact) mass is 488 g/mol. The van der Waals surface area contributed by atoms with Crippen molar-refractivity contribution >= 4 is 34.3 Å². The van der Waals surface area contributed by atoms with Gasteiger partial charge in [0, 0.05) is 30.9 Å². The minimum atomic E-state index is 0.132. The lowest BCUT2D eigenvalue weighted by atomic mass is 9.91. The predicted molar refractivity (Wildman–Crippen MR) is 142 cm³/mol. The Morgan fingerprint density at radius 3 is 2.63 bits per heavy atom. The molecule has 2 saturated carbocycles. The van der Waals surface area contributed by atoms with Gasteiger partial charge in [-0.1, -0.05) is 37.8 Å². The zero-order valence-corrected chi connectivity index (χ0v) is 20.7. The van der Waals surface area contributed by atoms with Crippen molar-refractivity contribution < 1.29 is 0 Å². The van der Waals surface area contributed by atoms with E-state index in [2.05, 4.69) is 43.8 Å². The first-order valence-corrected chi connectivity index (χ1v) is 13.6. The van der Waals surface area contributed by atoms with E-state index < -0.39 is 0 Å². The number of hydrogen-bond donors (Lipinski definition) is 3. The number of anilines is 2. The number of pyridine rings is 1. The van der Waals surface area contributed by atoms with Crippen LogP contribution in [0.4, 0.5) is 11.8 Å². The van der Waals surface area contributed by atoms with E-state index in [9.17, 15) is 0 Å². The van der Waals surface area contributed by atoms with Crippen LogP contribution in [-0.4, -0.2) is 36.6 Å². The van der Waals surface area contributed by atoms with E-state index in [1.807, 2.05) is 18.6 Å². The Hall–Kier alpha value is -3.04. The molecule has 4 N–H and O–H groups in total. The third kappa shape index (κ3) is 4.75. The van der Waals surface area contributed by atoms with E-state index in [-0.39, 0.29) is 12.1 Å². The van der Waals surface area contributed by atoms with Crippen molar-refractivity contribution in [1.29, 1.82) is 0 Å². The van der Waals surface area contributed by atoms with Gasteiger partial charge in [-0.3, -0.25) is 4.98 Å². The molecule has 0 spiro atoms. The molecular weight excluding hydrogens is 456 g/mol. The van der Waals surface area contributed by atoms with Crippen molar-refractivity contribution in [2.24, 2.45) is 5.73 Å². The molecule has 9 heteroatoms. The average Bonchev–Trinajstić information content (AvgIpc) is 3.66. The number of aromatic nitrogens is 5. The number of thiophene rings is 1. The number of rotatable bonds is 7. The Morgan fingerprint density at radius 2 is 1.86 bits per heavy atom. The standard InChI is InChI=1S/C26H32N8S/c27-19-8-3-4-9-20(19)31-26-32-24(23-25(33-26)34(16-30-23)18-6-1-2-7-18)29-15-17-11-12-21(28-14-17)22-10-5-13-35-22/h5,10-14,16,18-20H,1-4,6-9,15,27H2,(H2,29,31,32,33). The maximum absolute atomic E-state index is 6.41. The van der Waals surface area contributed by atoms with Gasteiger partial charge >= 0.3 is 0 Å². The largest absolute Gasteiger partial charge is 0.364 e. The molecule has 2 aliphatic rings. The summed E-state index contributed by atoms with van der Waals surface area (Å²) in [5.41, 5.74) is 10.2. The Kier molecular flexibility index (Phi) is 6.35. The number of nitrogens with two attached hydrogens (primary N) is 1. The van der Waals surface area contributed by atoms with Crippen molar-refractivity contribution in [1.82, 2.24) is 24.5 Å². The molecule has 2 fully saturated rings. The summed E-state index contributed by atoms with van der Waals surface area (Å²) in [5.74, 6) is 1.38. The highest BCUT2D eigenvalue weighted by atomic mass is 32.1. The Labute approximate surface area is 209 Å². The maximum atomic E-state index is 6.41. The summed E-state index contributed by atoms with van der Waals surface area (Å²) in [6.07, 6.45) is 13.2. The number of nitrogens with one attached hydrogen (secondary N) is 2. The summed E-state index contributed by atoms with van der Waals surface area (Å²) in [7, 11) is 0. The molecule has 4 heterocycles. The van der Waals surface area contributed by atoms with Gasteiger partial charge in [-0.15, -0.1) is 11.3 Å². The molecule has 2 atom stereocenters. The Bertz CT molecular complexity index is 1260. The summed E-state index contributed by atoms with van der Waals surface area (Å²) in [6, 6.07) is 9.12. The van der Waals surface area contributed by atoms with Crippen LogP contribution < -0.4 is 16.4 Å². The predicted octanol–water partition coefficient (Wildman–Crippen LogP) is 5.36. The summed E-state index contributed by atoms with van der Waals surface area (Å²) in [6.45, 7) is 0.614. The van der Waals surface area contributed by atoms with Crippen LogP contribution in [0.1, 0.15) is 63.0 Å². The number of nitrogens with zero attached hydrogens (tertiary/aromatic N) is 5. The number of hydrogen-bond acceptors (Lipinski definition) is 8. The van der Waals surface area contributed by atoms with Gasteiger partial charge < -0.3 is 20.9 Å². The molecule has 0 radical (unpaired) electrons. The fourth-order valence-corrected chi connectivity index (χ4v) is 6.05. The molecule has 0 bridgehead atoms. The second kappa shape index (κ2) is 9.91. The molecule has 182 valence electrons. The zero-order valence-electron chi connectivity index (χ0n) is 19.9. The van der Waals surface area contributed by atoms with Crippen LogP contribution in [0.5, 0.6) is 0 Å². The minimum Gasteiger partial charge on any atom is -0.364 e. The molecule has 8 nitrogen and oxygen atoms in total. The first-order valence-electron chi connectivity index (χ1n) is 12.7. The Morgan fingerprint density at radius 1 is 1.00 bits per heavy atom. The summed E-state index contributed by atoms with van der Waals surface area (Å²) in [4.78, 5) is 20.4. The van der Waals surface area contributed by atoms with Crippen LogP contribution in [0.25, 0.3) is 21.7 Å². The van der Waals surface area contributed by atoms with Gasteiger partial charge in [0.2, 0.25) is 5.95 Å². The van der Waals surface area contributed by atoms with Crippen molar-refractivity contribution in [2.75, 3.05) is 10.6 Å². The molecule has 0 saturated heterocycles. The highest BCUT2D eigenvalue weighted by Gasteiger charge is 2.25. The van der Waals surface area contributed by atoms with Crippen LogP contribution in [0, 0.1) is 0 Å². The Balaban J connectivity index is 1.27. The first-order chi connectivity index (χ1) is 17.2. The van der Waals surface area contributed by atoms with Crippen LogP contribution in [-0.2, 0) is 6.54 Å². The minimum absolute atomic E-state index is 0.132. The van der Waals surface area contributed by atoms with Crippen LogP contribution in [0.15, 0.2) is 42.2 Å². The number of imidazole rings is 1. The highest BCUT2D eigenvalue weighted by Crippen LogP contribution is 2.33. The molecule has 4 aromatic rings. The fraction of sp³-hybridized carbons (Fsp3) is 0.462. The average molecular weight is 489 g/mol. The van der Waals surface area contributed by atoms with E-state index in [1.165, 1.54) is 43.4 Å². The normalized spacial score (nSPS) is 20.9. The second-order valence-corrected chi connectivity index (χ2v) is 10.7. The molecule has 4 aromatic heterocycles. The van der Waals surface area contributed by atoms with E-state index in [4.69, 9.17) is 20.7 Å². The molecule has 2 aliphatic carbocycles. The van der Waals surface area contributed by atoms with E-state index >= 15 is 0 Å². The summed E-state index contributed by atoms with van der Waals surface area (Å²) < 4.78 is 2.25. The molecule has 0 amide bonds. The quantitative estimate of drug-likeness (QED) is 0.321. The molecule has 35 heavy (non-hydrogen) atoms. The third-order valence-corrected chi connectivity index (χ3v) is 8.22. The molecule has 0 aliphatic heterocycles. The topological polar surface area (TPSA) is 107 Å².